The molecule has 0 saturated carbocycles. The van der Waals surface area contributed by atoms with Crippen LogP contribution in [0.5, 0.6) is 0 Å². The van der Waals surface area contributed by atoms with E-state index in [1.54, 1.807) is 10.9 Å². The first kappa shape index (κ1) is 19.7. The Morgan fingerprint density at radius 3 is 2.79 bits per heavy atom. The number of carbonyl (C=O) groups is 2. The second-order valence-electron chi connectivity index (χ2n) is 6.76. The van der Waals surface area contributed by atoms with Crippen molar-refractivity contribution in [2.24, 2.45) is 0 Å². The Morgan fingerprint density at radius 1 is 1.29 bits per heavy atom. The van der Waals surface area contributed by atoms with Crippen LogP contribution in [0.1, 0.15) is 30.1 Å². The van der Waals surface area contributed by atoms with Crippen LogP contribution in [0.4, 0.5) is 0 Å². The maximum absolute atomic E-state index is 11.7. The van der Waals surface area contributed by atoms with E-state index in [-0.39, 0.29) is 6.04 Å². The number of hydrogen-bond donors (Lipinski definition) is 3. The number of nitrogens with zero attached hydrogens (tertiary/aromatic N) is 4. The van der Waals surface area contributed by atoms with E-state index >= 15 is 0 Å². The number of likely N-dealkylation sites (tertiary alicyclic amines) is 1. The normalized spacial score (nSPS) is 19.9. The van der Waals surface area contributed by atoms with E-state index < -0.39 is 17.9 Å². The lowest BCUT2D eigenvalue weighted by Crippen LogP contribution is -2.36. The van der Waals surface area contributed by atoms with Crippen LogP contribution in [-0.4, -0.2) is 61.2 Å². The van der Waals surface area contributed by atoms with Gasteiger partial charge >= 0.3 is 5.97 Å². The second kappa shape index (κ2) is 9.25. The van der Waals surface area contributed by atoms with Gasteiger partial charge in [0.25, 0.3) is 5.91 Å². The number of hydroxylamine groups is 1. The summed E-state index contributed by atoms with van der Waals surface area (Å²) in [5, 5.41) is 26.1. The summed E-state index contributed by atoms with van der Waals surface area (Å²) in [6.07, 6.45) is 6.46. The summed E-state index contributed by atoms with van der Waals surface area (Å²) >= 11 is 0. The van der Waals surface area contributed by atoms with E-state index in [1.165, 1.54) is 17.1 Å². The zero-order valence-corrected chi connectivity index (χ0v) is 15.3. The summed E-state index contributed by atoms with van der Waals surface area (Å²) in [5.74, 6) is -1.49. The van der Waals surface area contributed by atoms with Gasteiger partial charge in [-0.3, -0.25) is 19.7 Å². The van der Waals surface area contributed by atoms with E-state index in [1.807, 2.05) is 23.1 Å². The molecular formula is C19H23N5O4. The molecule has 3 N–H and O–H groups in total. The van der Waals surface area contributed by atoms with Crippen molar-refractivity contribution in [3.05, 3.63) is 53.9 Å². The molecule has 1 amide bonds. The topological polar surface area (TPSA) is 121 Å². The monoisotopic (exact) mass is 385 g/mol. The van der Waals surface area contributed by atoms with Gasteiger partial charge in [0.15, 0.2) is 0 Å². The molecule has 3 rings (SSSR count). The van der Waals surface area contributed by atoms with Gasteiger partial charge in [0.1, 0.15) is 11.7 Å². The summed E-state index contributed by atoms with van der Waals surface area (Å²) in [5.41, 5.74) is 3.20. The number of amides is 1. The van der Waals surface area contributed by atoms with Crippen LogP contribution in [0.3, 0.4) is 0 Å². The molecule has 0 radical (unpaired) electrons. The highest BCUT2D eigenvalue weighted by Crippen LogP contribution is 2.27. The fourth-order valence-electron chi connectivity index (χ4n) is 3.45. The summed E-state index contributed by atoms with van der Waals surface area (Å²) in [7, 11) is 0. The number of carboxylic acids is 1. The first-order valence-electron chi connectivity index (χ1n) is 9.11. The molecule has 1 aromatic carbocycles. The first-order valence-corrected chi connectivity index (χ1v) is 9.11. The van der Waals surface area contributed by atoms with Gasteiger partial charge in [0.05, 0.1) is 12.2 Å². The van der Waals surface area contributed by atoms with Crippen LogP contribution < -0.4 is 5.48 Å². The Kier molecular flexibility index (Phi) is 6.51. The third kappa shape index (κ3) is 5.02. The molecule has 9 nitrogen and oxygen atoms in total. The number of aliphatic carboxylic acids is 1. The number of carboxylic acid groups (broad SMARTS) is 1. The molecule has 0 spiro atoms. The van der Waals surface area contributed by atoms with Crippen molar-refractivity contribution in [2.45, 2.75) is 31.3 Å². The van der Waals surface area contributed by atoms with Crippen LogP contribution in [-0.2, 0) is 16.0 Å². The van der Waals surface area contributed by atoms with Crippen molar-refractivity contribution in [3.63, 3.8) is 0 Å². The maximum atomic E-state index is 11.7. The zero-order valence-electron chi connectivity index (χ0n) is 15.3. The minimum Gasteiger partial charge on any atom is -0.480 e. The minimum atomic E-state index is -0.831. The van der Waals surface area contributed by atoms with Crippen LogP contribution in [0.15, 0.2) is 42.6 Å². The molecule has 1 saturated heterocycles. The van der Waals surface area contributed by atoms with Gasteiger partial charge in [-0.15, -0.1) is 5.10 Å². The average molecular weight is 385 g/mol. The molecule has 148 valence electrons. The van der Waals surface area contributed by atoms with E-state index in [4.69, 9.17) is 5.21 Å². The predicted molar refractivity (Wildman–Crippen MR) is 100 cm³/mol. The number of benzene rings is 1. The van der Waals surface area contributed by atoms with Gasteiger partial charge in [0.2, 0.25) is 0 Å². The molecule has 28 heavy (non-hydrogen) atoms. The number of carbonyl (C=O) groups excluding carboxylic acids is 1. The van der Waals surface area contributed by atoms with Gasteiger partial charge < -0.3 is 5.11 Å². The summed E-state index contributed by atoms with van der Waals surface area (Å²) in [4.78, 5) is 24.7. The van der Waals surface area contributed by atoms with Crippen LogP contribution >= 0.6 is 0 Å². The lowest BCUT2D eigenvalue weighted by Gasteiger charge is -2.20. The van der Waals surface area contributed by atoms with E-state index in [0.29, 0.717) is 25.2 Å². The molecular weight excluding hydrogens is 362 g/mol. The molecule has 1 aliphatic heterocycles. The number of rotatable bonds is 8. The van der Waals surface area contributed by atoms with Crippen LogP contribution in [0.2, 0.25) is 0 Å². The van der Waals surface area contributed by atoms with Crippen molar-refractivity contribution in [2.75, 3.05) is 13.1 Å². The molecule has 9 heteroatoms. The van der Waals surface area contributed by atoms with Crippen LogP contribution in [0.25, 0.3) is 6.08 Å². The average Bonchev–Trinajstić information content (AvgIpc) is 3.34. The number of hydrogen-bond acceptors (Lipinski definition) is 6. The lowest BCUT2D eigenvalue weighted by atomic mass is 10.1. The number of aryl methyl sites for hydroxylation is 1. The number of aromatic nitrogens is 3. The zero-order chi connectivity index (χ0) is 19.9. The highest BCUT2D eigenvalue weighted by molar-refractivity contribution is 5.90. The Balaban J connectivity index is 1.60. The van der Waals surface area contributed by atoms with Crippen molar-refractivity contribution in [1.29, 1.82) is 0 Å². The highest BCUT2D eigenvalue weighted by Gasteiger charge is 2.37. The Morgan fingerprint density at radius 2 is 2.07 bits per heavy atom. The molecule has 0 aliphatic carbocycles. The molecule has 1 aromatic heterocycles. The summed E-state index contributed by atoms with van der Waals surface area (Å²) < 4.78 is 1.64. The smallest absolute Gasteiger partial charge is 0.321 e. The van der Waals surface area contributed by atoms with Crippen molar-refractivity contribution < 1.29 is 19.9 Å². The largest absolute Gasteiger partial charge is 0.480 e. The molecule has 1 fully saturated rings. The maximum Gasteiger partial charge on any atom is 0.321 e. The molecule has 0 unspecified atom stereocenters. The van der Waals surface area contributed by atoms with E-state index in [0.717, 1.165) is 18.9 Å². The third-order valence-corrected chi connectivity index (χ3v) is 4.84. The molecule has 1 aliphatic rings. The van der Waals surface area contributed by atoms with Crippen molar-refractivity contribution in [3.8, 4) is 0 Å². The Labute approximate surface area is 162 Å². The SMILES string of the molecule is O=C(/C=C/c1cn([C@H]2C[C@@H](C(=O)O)N(CCCc3ccccc3)C2)nn1)NO. The van der Waals surface area contributed by atoms with E-state index in [9.17, 15) is 14.7 Å². The summed E-state index contributed by atoms with van der Waals surface area (Å²) in [6, 6.07) is 9.48. The van der Waals surface area contributed by atoms with Crippen molar-refractivity contribution in [1.82, 2.24) is 25.4 Å². The predicted octanol–water partition coefficient (Wildman–Crippen LogP) is 1.13. The summed E-state index contributed by atoms with van der Waals surface area (Å²) in [6.45, 7) is 1.27. The first-order chi connectivity index (χ1) is 13.6. The molecule has 0 bridgehead atoms. The fourth-order valence-corrected chi connectivity index (χ4v) is 3.45. The number of nitrogens with one attached hydrogen (secondary N) is 1. The van der Waals surface area contributed by atoms with Gasteiger partial charge in [-0.2, -0.15) is 0 Å². The standard InChI is InChI=1S/C19H23N5O4/c25-18(21-28)9-8-15-12-24(22-20-15)16-11-17(19(26)27)23(13-16)10-4-7-14-5-2-1-3-6-14/h1-3,5-6,8-9,12,16-17,28H,4,7,10-11,13H2,(H,21,25)(H,26,27)/b9-8+/t16-,17-/m0/s1. The van der Waals surface area contributed by atoms with Crippen molar-refractivity contribution >= 4 is 18.0 Å². The third-order valence-electron chi connectivity index (χ3n) is 4.84. The fraction of sp³-hybridized carbons (Fsp3) is 0.368. The van der Waals surface area contributed by atoms with Gasteiger partial charge in [0, 0.05) is 12.6 Å². The second-order valence-corrected chi connectivity index (χ2v) is 6.76. The quantitative estimate of drug-likeness (QED) is 0.354. The minimum absolute atomic E-state index is 0.0980. The van der Waals surface area contributed by atoms with Gasteiger partial charge in [-0.1, -0.05) is 35.5 Å². The van der Waals surface area contributed by atoms with Gasteiger partial charge in [-0.25, -0.2) is 10.2 Å². The Hall–Kier alpha value is -3.04. The molecule has 2 aromatic rings. The lowest BCUT2D eigenvalue weighted by molar-refractivity contribution is -0.142. The highest BCUT2D eigenvalue weighted by atomic mass is 16.5. The van der Waals surface area contributed by atoms with E-state index in [2.05, 4.69) is 22.4 Å². The molecule has 2 atom stereocenters. The van der Waals surface area contributed by atoms with Crippen LogP contribution in [0, 0.1) is 0 Å². The molecule has 2 heterocycles. The van der Waals surface area contributed by atoms with Gasteiger partial charge in [-0.05, 0) is 37.4 Å². The Bertz CT molecular complexity index is 836.